The summed E-state index contributed by atoms with van der Waals surface area (Å²) in [6, 6.07) is 15.7. The summed E-state index contributed by atoms with van der Waals surface area (Å²) in [5, 5.41) is 14.6. The summed E-state index contributed by atoms with van der Waals surface area (Å²) < 4.78 is 5.69. The second-order valence-electron chi connectivity index (χ2n) is 6.85. The van der Waals surface area contributed by atoms with E-state index in [0.29, 0.717) is 22.7 Å². The Morgan fingerprint density at radius 1 is 0.963 bits per heavy atom. The van der Waals surface area contributed by atoms with E-state index < -0.39 is 17.2 Å². The van der Waals surface area contributed by atoms with Crippen molar-refractivity contribution in [1.82, 2.24) is 0 Å². The number of carbonyl (C=O) groups is 2. The van der Waals surface area contributed by atoms with Gasteiger partial charge in [0, 0.05) is 0 Å². The van der Waals surface area contributed by atoms with Crippen LogP contribution in [-0.2, 0) is 9.59 Å². The van der Waals surface area contributed by atoms with Crippen LogP contribution >= 0.6 is 0 Å². The molecule has 0 aliphatic rings. The van der Waals surface area contributed by atoms with Crippen molar-refractivity contribution in [3.63, 3.8) is 0 Å². The number of hydrogen-bond acceptors (Lipinski definition) is 4. The summed E-state index contributed by atoms with van der Waals surface area (Å²) in [6.07, 6.45) is -0.0538. The smallest absolute Gasteiger partial charge is 0.239 e. The molecule has 0 atom stereocenters. The molecule has 0 aromatic heterocycles. The van der Waals surface area contributed by atoms with Crippen LogP contribution in [0.4, 0.5) is 11.4 Å². The minimum atomic E-state index is -1.37. The van der Waals surface area contributed by atoms with Gasteiger partial charge in [-0.05, 0) is 52.0 Å². The molecule has 0 aliphatic heterocycles. The maximum Gasteiger partial charge on any atom is 0.239 e. The van der Waals surface area contributed by atoms with Crippen molar-refractivity contribution >= 4 is 23.2 Å². The molecule has 2 rings (SSSR count). The summed E-state index contributed by atoms with van der Waals surface area (Å²) >= 11 is 0. The molecule has 0 bridgehead atoms. The lowest BCUT2D eigenvalue weighted by Crippen LogP contribution is -2.41. The molecule has 0 spiro atoms. The Kier molecular flexibility index (Phi) is 6.19. The van der Waals surface area contributed by atoms with Gasteiger partial charge in [-0.2, -0.15) is 5.26 Å². The lowest BCUT2D eigenvalue weighted by atomic mass is 9.90. The SMILES string of the molecule is CC(C)Oc1ccccc1NC(=O)C(C)(C)C(=O)Nc1ccccc1C#N. The zero-order valence-corrected chi connectivity index (χ0v) is 15.9. The Balaban J connectivity index is 2.18. The first kappa shape index (κ1) is 20.0. The predicted octanol–water partition coefficient (Wildman–Crippen LogP) is 3.95. The Labute approximate surface area is 159 Å². The number of ether oxygens (including phenoxy) is 1. The summed E-state index contributed by atoms with van der Waals surface area (Å²) in [7, 11) is 0. The third kappa shape index (κ3) is 4.85. The molecular weight excluding hydrogens is 342 g/mol. The quantitative estimate of drug-likeness (QED) is 0.758. The van der Waals surface area contributed by atoms with Crippen molar-refractivity contribution in [2.75, 3.05) is 10.6 Å². The number of carbonyl (C=O) groups excluding carboxylic acids is 2. The lowest BCUT2D eigenvalue weighted by Gasteiger charge is -2.24. The van der Waals surface area contributed by atoms with Crippen LogP contribution in [0, 0.1) is 16.7 Å². The molecule has 2 aromatic rings. The van der Waals surface area contributed by atoms with Crippen LogP contribution in [0.25, 0.3) is 0 Å². The van der Waals surface area contributed by atoms with Crippen molar-refractivity contribution in [3.8, 4) is 11.8 Å². The van der Waals surface area contributed by atoms with Crippen LogP contribution in [0.3, 0.4) is 0 Å². The van der Waals surface area contributed by atoms with E-state index in [2.05, 4.69) is 10.6 Å². The topological polar surface area (TPSA) is 91.2 Å². The van der Waals surface area contributed by atoms with Crippen molar-refractivity contribution < 1.29 is 14.3 Å². The molecule has 6 heteroatoms. The summed E-state index contributed by atoms with van der Waals surface area (Å²) in [6.45, 7) is 6.84. The van der Waals surface area contributed by atoms with Gasteiger partial charge in [-0.25, -0.2) is 0 Å². The van der Waals surface area contributed by atoms with E-state index in [1.807, 2.05) is 26.0 Å². The lowest BCUT2D eigenvalue weighted by molar-refractivity contribution is -0.135. The molecule has 2 aromatic carbocycles. The predicted molar refractivity (Wildman–Crippen MR) is 104 cm³/mol. The highest BCUT2D eigenvalue weighted by molar-refractivity contribution is 6.14. The van der Waals surface area contributed by atoms with Gasteiger partial charge in [0.15, 0.2) is 0 Å². The highest BCUT2D eigenvalue weighted by Crippen LogP contribution is 2.28. The van der Waals surface area contributed by atoms with Crippen molar-refractivity contribution in [2.24, 2.45) is 5.41 Å². The third-order valence-corrected chi connectivity index (χ3v) is 3.93. The van der Waals surface area contributed by atoms with Gasteiger partial charge in [0.2, 0.25) is 11.8 Å². The van der Waals surface area contributed by atoms with E-state index in [9.17, 15) is 9.59 Å². The fraction of sp³-hybridized carbons (Fsp3) is 0.286. The van der Waals surface area contributed by atoms with E-state index in [0.717, 1.165) is 0 Å². The monoisotopic (exact) mass is 365 g/mol. The van der Waals surface area contributed by atoms with Crippen LogP contribution in [0.5, 0.6) is 5.75 Å². The van der Waals surface area contributed by atoms with Gasteiger partial charge in [-0.3, -0.25) is 9.59 Å². The van der Waals surface area contributed by atoms with Gasteiger partial charge < -0.3 is 15.4 Å². The summed E-state index contributed by atoms with van der Waals surface area (Å²) in [5.41, 5.74) is -0.172. The minimum absolute atomic E-state index is 0.0538. The molecule has 140 valence electrons. The van der Waals surface area contributed by atoms with Gasteiger partial charge >= 0.3 is 0 Å². The molecule has 0 unspecified atom stereocenters. The molecule has 27 heavy (non-hydrogen) atoms. The zero-order valence-electron chi connectivity index (χ0n) is 15.9. The molecular formula is C21H23N3O3. The Bertz CT molecular complexity index is 882. The van der Waals surface area contributed by atoms with E-state index in [1.54, 1.807) is 42.5 Å². The first-order chi connectivity index (χ1) is 12.8. The van der Waals surface area contributed by atoms with Gasteiger partial charge in [0.05, 0.1) is 23.0 Å². The van der Waals surface area contributed by atoms with Crippen LogP contribution in [0.1, 0.15) is 33.3 Å². The summed E-state index contributed by atoms with van der Waals surface area (Å²) in [4.78, 5) is 25.4. The molecule has 0 fully saturated rings. The van der Waals surface area contributed by atoms with Gasteiger partial charge in [-0.15, -0.1) is 0 Å². The fourth-order valence-corrected chi connectivity index (χ4v) is 2.28. The van der Waals surface area contributed by atoms with Crippen LogP contribution in [0.2, 0.25) is 0 Å². The van der Waals surface area contributed by atoms with Gasteiger partial charge in [-0.1, -0.05) is 24.3 Å². The molecule has 2 N–H and O–H groups in total. The molecule has 0 saturated heterocycles. The van der Waals surface area contributed by atoms with E-state index in [-0.39, 0.29) is 6.10 Å². The minimum Gasteiger partial charge on any atom is -0.489 e. The van der Waals surface area contributed by atoms with E-state index >= 15 is 0 Å². The third-order valence-electron chi connectivity index (χ3n) is 3.93. The molecule has 0 radical (unpaired) electrons. The number of nitriles is 1. The molecule has 0 saturated carbocycles. The van der Waals surface area contributed by atoms with Crippen LogP contribution < -0.4 is 15.4 Å². The second kappa shape index (κ2) is 8.37. The highest BCUT2D eigenvalue weighted by Gasteiger charge is 2.36. The van der Waals surface area contributed by atoms with Crippen LogP contribution in [-0.4, -0.2) is 17.9 Å². The average Bonchev–Trinajstić information content (AvgIpc) is 2.63. The Hall–Kier alpha value is -3.33. The second-order valence-corrected chi connectivity index (χ2v) is 6.85. The largest absolute Gasteiger partial charge is 0.489 e. The molecule has 2 amide bonds. The zero-order chi connectivity index (χ0) is 20.0. The number of para-hydroxylation sites is 3. The number of rotatable bonds is 6. The van der Waals surface area contributed by atoms with Crippen molar-refractivity contribution in [3.05, 3.63) is 54.1 Å². The fourth-order valence-electron chi connectivity index (χ4n) is 2.28. The van der Waals surface area contributed by atoms with E-state index in [4.69, 9.17) is 10.00 Å². The molecule has 6 nitrogen and oxygen atoms in total. The first-order valence-corrected chi connectivity index (χ1v) is 8.63. The number of amides is 2. The van der Waals surface area contributed by atoms with Gasteiger partial charge in [0.25, 0.3) is 0 Å². The van der Waals surface area contributed by atoms with E-state index in [1.165, 1.54) is 13.8 Å². The number of nitrogens with one attached hydrogen (secondary N) is 2. The highest BCUT2D eigenvalue weighted by atomic mass is 16.5. The number of anilines is 2. The standard InChI is InChI=1S/C21H23N3O3/c1-14(2)27-18-12-8-7-11-17(18)24-20(26)21(3,4)19(25)23-16-10-6-5-9-15(16)13-22/h5-12,14H,1-4H3,(H,23,25)(H,24,26). The normalized spacial score (nSPS) is 10.8. The number of hydrogen-bond donors (Lipinski definition) is 2. The number of benzene rings is 2. The summed E-state index contributed by atoms with van der Waals surface area (Å²) in [5.74, 6) is -0.453. The molecule has 0 aliphatic carbocycles. The molecule has 0 heterocycles. The average molecular weight is 365 g/mol. The Morgan fingerprint density at radius 3 is 2.07 bits per heavy atom. The maximum absolute atomic E-state index is 12.8. The number of nitrogens with zero attached hydrogens (tertiary/aromatic N) is 1. The van der Waals surface area contributed by atoms with Crippen molar-refractivity contribution in [1.29, 1.82) is 5.26 Å². The van der Waals surface area contributed by atoms with Gasteiger partial charge in [0.1, 0.15) is 17.2 Å². The van der Waals surface area contributed by atoms with Crippen molar-refractivity contribution in [2.45, 2.75) is 33.8 Å². The van der Waals surface area contributed by atoms with Crippen LogP contribution in [0.15, 0.2) is 48.5 Å². The Morgan fingerprint density at radius 2 is 1.48 bits per heavy atom. The maximum atomic E-state index is 12.8. The first-order valence-electron chi connectivity index (χ1n) is 8.63.